The molecule has 3 unspecified atom stereocenters. The zero-order valence-corrected chi connectivity index (χ0v) is 9.15. The number of hydrogen-bond acceptors (Lipinski definition) is 2. The molecule has 0 aliphatic carbocycles. The maximum atomic E-state index is 12.6. The van der Waals surface area contributed by atoms with Crippen molar-refractivity contribution in [2.24, 2.45) is 0 Å². The highest BCUT2D eigenvalue weighted by molar-refractivity contribution is 7.85. The average molecular weight is 207 g/mol. The van der Waals surface area contributed by atoms with Crippen LogP contribution in [-0.2, 0) is 10.8 Å². The smallest absolute Gasteiger partial charge is 0.0985 e. The maximum absolute atomic E-state index is 12.6. The molecule has 78 valence electrons. The fourth-order valence-corrected chi connectivity index (χ4v) is 2.93. The van der Waals surface area contributed by atoms with Crippen LogP contribution in [0, 0.1) is 0 Å². The zero-order chi connectivity index (χ0) is 9.84. The Balaban J connectivity index is 2.29. The molecule has 0 saturated carbocycles. The molecule has 3 atom stereocenters. The Hall–Kier alpha value is 0.0400. The average Bonchev–Trinajstić information content (AvgIpc) is 2.02. The number of nitrogens with zero attached hydrogens (tertiary/aromatic N) is 1. The van der Waals surface area contributed by atoms with Gasteiger partial charge in [0.25, 0.3) is 0 Å². The zero-order valence-electron chi connectivity index (χ0n) is 8.33. The van der Waals surface area contributed by atoms with Crippen molar-refractivity contribution >= 4 is 10.8 Å². The molecule has 0 amide bonds. The lowest BCUT2D eigenvalue weighted by atomic mass is 10.2. The Labute approximate surface area is 82.0 Å². The standard InChI is InChI=1S/C9H18FNOS/c1-8(10)3-4-11-5-6-13(12)7-9(11)2/h8-9H,3-7H2,1-2H3. The predicted molar refractivity (Wildman–Crippen MR) is 54.1 cm³/mol. The molecule has 4 heteroatoms. The lowest BCUT2D eigenvalue weighted by Crippen LogP contribution is -2.45. The molecule has 0 bridgehead atoms. The van der Waals surface area contributed by atoms with Crippen LogP contribution in [0.1, 0.15) is 20.3 Å². The van der Waals surface area contributed by atoms with E-state index in [1.807, 2.05) is 0 Å². The summed E-state index contributed by atoms with van der Waals surface area (Å²) in [4.78, 5) is 2.23. The van der Waals surface area contributed by atoms with Gasteiger partial charge in [-0.05, 0) is 20.3 Å². The largest absolute Gasteiger partial charge is 0.299 e. The predicted octanol–water partition coefficient (Wildman–Crippen LogP) is 1.19. The van der Waals surface area contributed by atoms with Gasteiger partial charge in [0.2, 0.25) is 0 Å². The second-order valence-corrected chi connectivity index (χ2v) is 5.39. The quantitative estimate of drug-likeness (QED) is 0.693. The molecule has 0 radical (unpaired) electrons. The van der Waals surface area contributed by atoms with Gasteiger partial charge in [0.05, 0.1) is 6.17 Å². The van der Waals surface area contributed by atoms with Crippen molar-refractivity contribution < 1.29 is 8.60 Å². The van der Waals surface area contributed by atoms with E-state index in [-0.39, 0.29) is 0 Å². The van der Waals surface area contributed by atoms with Crippen molar-refractivity contribution in [3.63, 3.8) is 0 Å². The summed E-state index contributed by atoms with van der Waals surface area (Å²) in [5.41, 5.74) is 0. The van der Waals surface area contributed by atoms with Crippen molar-refractivity contribution in [1.82, 2.24) is 4.90 Å². The molecule has 1 rings (SSSR count). The topological polar surface area (TPSA) is 20.3 Å². The molecular weight excluding hydrogens is 189 g/mol. The molecule has 2 nitrogen and oxygen atoms in total. The van der Waals surface area contributed by atoms with E-state index in [2.05, 4.69) is 11.8 Å². The third-order valence-electron chi connectivity index (χ3n) is 2.47. The van der Waals surface area contributed by atoms with E-state index in [1.165, 1.54) is 0 Å². The van der Waals surface area contributed by atoms with E-state index in [0.29, 0.717) is 12.5 Å². The fraction of sp³-hybridized carbons (Fsp3) is 1.00. The summed E-state index contributed by atoms with van der Waals surface area (Å²) >= 11 is 0. The minimum Gasteiger partial charge on any atom is -0.299 e. The van der Waals surface area contributed by atoms with Gasteiger partial charge in [0.1, 0.15) is 0 Å². The van der Waals surface area contributed by atoms with E-state index >= 15 is 0 Å². The first-order valence-electron chi connectivity index (χ1n) is 4.82. The summed E-state index contributed by atoms with van der Waals surface area (Å²) in [7, 11) is -0.641. The molecule has 0 aromatic carbocycles. The van der Waals surface area contributed by atoms with Crippen LogP contribution < -0.4 is 0 Å². The van der Waals surface area contributed by atoms with Gasteiger partial charge in [0, 0.05) is 41.4 Å². The van der Waals surface area contributed by atoms with Crippen molar-refractivity contribution in [1.29, 1.82) is 0 Å². The van der Waals surface area contributed by atoms with Crippen LogP contribution in [0.2, 0.25) is 0 Å². The number of alkyl halides is 1. The maximum Gasteiger partial charge on any atom is 0.0985 e. The highest BCUT2D eigenvalue weighted by Crippen LogP contribution is 2.10. The minimum atomic E-state index is -0.723. The van der Waals surface area contributed by atoms with Gasteiger partial charge in [-0.3, -0.25) is 9.11 Å². The van der Waals surface area contributed by atoms with Crippen LogP contribution in [0.5, 0.6) is 0 Å². The number of rotatable bonds is 3. The molecular formula is C9H18FNOS. The van der Waals surface area contributed by atoms with Crippen molar-refractivity contribution in [2.75, 3.05) is 24.6 Å². The summed E-state index contributed by atoms with van der Waals surface area (Å²) in [6.45, 7) is 5.32. The number of hydrogen-bond donors (Lipinski definition) is 0. The SMILES string of the molecule is CC(F)CCN1CCS(=O)CC1C. The lowest BCUT2D eigenvalue weighted by molar-refractivity contribution is 0.200. The van der Waals surface area contributed by atoms with Gasteiger partial charge in [-0.25, -0.2) is 4.39 Å². The first kappa shape index (κ1) is 11.1. The lowest BCUT2D eigenvalue weighted by Gasteiger charge is -2.32. The van der Waals surface area contributed by atoms with E-state index in [4.69, 9.17) is 0 Å². The van der Waals surface area contributed by atoms with E-state index in [1.54, 1.807) is 6.92 Å². The van der Waals surface area contributed by atoms with Crippen molar-refractivity contribution in [3.05, 3.63) is 0 Å². The summed E-state index contributed by atoms with van der Waals surface area (Å²) in [6.07, 6.45) is -0.128. The minimum absolute atomic E-state index is 0.355. The van der Waals surface area contributed by atoms with Crippen LogP contribution in [0.15, 0.2) is 0 Å². The Bertz CT molecular complexity index is 186. The van der Waals surface area contributed by atoms with Gasteiger partial charge < -0.3 is 0 Å². The van der Waals surface area contributed by atoms with Gasteiger partial charge in [-0.2, -0.15) is 0 Å². The number of halogens is 1. The third-order valence-corrected chi connectivity index (χ3v) is 3.96. The molecule has 1 aliphatic rings. The normalized spacial score (nSPS) is 33.2. The molecule has 0 N–H and O–H groups in total. The van der Waals surface area contributed by atoms with Crippen LogP contribution in [0.25, 0.3) is 0 Å². The Morgan fingerprint density at radius 3 is 2.92 bits per heavy atom. The Morgan fingerprint density at radius 1 is 1.69 bits per heavy atom. The van der Waals surface area contributed by atoms with E-state index < -0.39 is 17.0 Å². The van der Waals surface area contributed by atoms with Crippen molar-refractivity contribution in [2.45, 2.75) is 32.5 Å². The van der Waals surface area contributed by atoms with Crippen LogP contribution in [-0.4, -0.2) is 45.9 Å². The second kappa shape index (κ2) is 5.05. The second-order valence-electron chi connectivity index (χ2n) is 3.77. The van der Waals surface area contributed by atoms with Crippen LogP contribution in [0.4, 0.5) is 4.39 Å². The molecule has 13 heavy (non-hydrogen) atoms. The van der Waals surface area contributed by atoms with Gasteiger partial charge in [0.15, 0.2) is 0 Å². The molecule has 1 fully saturated rings. The summed E-state index contributed by atoms with van der Waals surface area (Å²) in [5, 5.41) is 0. The van der Waals surface area contributed by atoms with Crippen molar-refractivity contribution in [3.8, 4) is 0 Å². The third kappa shape index (κ3) is 3.73. The first-order valence-corrected chi connectivity index (χ1v) is 6.31. The van der Waals surface area contributed by atoms with Gasteiger partial charge in [-0.15, -0.1) is 0 Å². The molecule has 1 saturated heterocycles. The molecule has 1 heterocycles. The molecule has 0 aromatic rings. The summed E-state index contributed by atoms with van der Waals surface area (Å²) in [5.74, 6) is 1.51. The molecule has 0 aromatic heterocycles. The van der Waals surface area contributed by atoms with Crippen LogP contribution in [0.3, 0.4) is 0 Å². The van der Waals surface area contributed by atoms with Gasteiger partial charge in [-0.1, -0.05) is 0 Å². The monoisotopic (exact) mass is 207 g/mol. The Morgan fingerprint density at radius 2 is 2.38 bits per heavy atom. The molecule has 1 aliphatic heterocycles. The highest BCUT2D eigenvalue weighted by atomic mass is 32.2. The van der Waals surface area contributed by atoms with E-state index in [0.717, 1.165) is 24.6 Å². The fourth-order valence-electron chi connectivity index (χ4n) is 1.57. The first-order chi connectivity index (χ1) is 6.09. The van der Waals surface area contributed by atoms with Crippen LogP contribution >= 0.6 is 0 Å². The summed E-state index contributed by atoms with van der Waals surface area (Å²) in [6, 6.07) is 0.355. The molecule has 0 spiro atoms. The van der Waals surface area contributed by atoms with E-state index in [9.17, 15) is 8.60 Å². The summed E-state index contributed by atoms with van der Waals surface area (Å²) < 4.78 is 23.7. The highest BCUT2D eigenvalue weighted by Gasteiger charge is 2.22. The van der Waals surface area contributed by atoms with Gasteiger partial charge >= 0.3 is 0 Å². The Kier molecular flexibility index (Phi) is 4.32.